The van der Waals surface area contributed by atoms with Crippen LogP contribution in [0.3, 0.4) is 0 Å². The fourth-order valence-electron chi connectivity index (χ4n) is 4.85. The van der Waals surface area contributed by atoms with E-state index >= 15 is 0 Å². The SMILES string of the molecule is CO[C@@H]1O[C@H](CO)[C@@H](OC(=O)CCCCCCOc2c(I)cc(I)cc2I)[C@H]1OC(=O)CCCCCCOc1c(I)cc(I)cc1I. The second kappa shape index (κ2) is 23.0. The van der Waals surface area contributed by atoms with E-state index in [-0.39, 0.29) is 12.8 Å². The summed E-state index contributed by atoms with van der Waals surface area (Å²) in [6.45, 7) is 0.830. The largest absolute Gasteiger partial charge is 0.491 e. The Kier molecular flexibility index (Phi) is 20.9. The van der Waals surface area contributed by atoms with Crippen molar-refractivity contribution in [1.29, 1.82) is 0 Å². The lowest BCUT2D eigenvalue weighted by atomic mass is 10.1. The third-order valence-electron chi connectivity index (χ3n) is 7.18. The molecule has 1 aliphatic heterocycles. The van der Waals surface area contributed by atoms with Crippen molar-refractivity contribution in [2.45, 2.75) is 88.8 Å². The van der Waals surface area contributed by atoms with Gasteiger partial charge in [0.1, 0.15) is 17.6 Å². The number of carbonyl (C=O) groups is 2. The quantitative estimate of drug-likeness (QED) is 0.0791. The van der Waals surface area contributed by atoms with E-state index in [9.17, 15) is 14.7 Å². The van der Waals surface area contributed by atoms with Crippen LogP contribution in [-0.4, -0.2) is 68.6 Å². The van der Waals surface area contributed by atoms with Gasteiger partial charge in [-0.3, -0.25) is 9.59 Å². The van der Waals surface area contributed by atoms with Gasteiger partial charge in [-0.15, -0.1) is 0 Å². The zero-order valence-corrected chi connectivity index (χ0v) is 38.7. The van der Waals surface area contributed by atoms with E-state index in [0.717, 1.165) is 64.3 Å². The molecule has 0 radical (unpaired) electrons. The van der Waals surface area contributed by atoms with Crippen molar-refractivity contribution >= 4 is 147 Å². The summed E-state index contributed by atoms with van der Waals surface area (Å²) in [6.07, 6.45) is 3.36. The van der Waals surface area contributed by atoms with Gasteiger partial charge in [-0.2, -0.15) is 0 Å². The highest BCUT2D eigenvalue weighted by Gasteiger charge is 2.49. The smallest absolute Gasteiger partial charge is 0.306 e. The average molecular weight is 1330 g/mol. The monoisotopic (exact) mass is 1330 g/mol. The molecule has 1 fully saturated rings. The maximum atomic E-state index is 12.7. The van der Waals surface area contributed by atoms with Crippen molar-refractivity contribution in [3.63, 3.8) is 0 Å². The van der Waals surface area contributed by atoms with Crippen LogP contribution in [0.2, 0.25) is 0 Å². The van der Waals surface area contributed by atoms with Gasteiger partial charge in [0.15, 0.2) is 18.5 Å². The zero-order valence-electron chi connectivity index (χ0n) is 25.8. The second-order valence-electron chi connectivity index (χ2n) is 10.8. The van der Waals surface area contributed by atoms with Crippen LogP contribution in [-0.2, 0) is 28.5 Å². The third-order valence-corrected chi connectivity index (χ3v) is 11.6. The molecule has 15 heteroatoms. The molecule has 1 saturated heterocycles. The zero-order chi connectivity index (χ0) is 34.3. The Bertz CT molecular complexity index is 1170. The fraction of sp³-hybridized carbons (Fsp3) is 0.562. The van der Waals surface area contributed by atoms with Crippen LogP contribution in [0, 0.1) is 21.4 Å². The molecule has 0 saturated carbocycles. The number of esters is 2. The summed E-state index contributed by atoms with van der Waals surface area (Å²) >= 11 is 13.8. The minimum absolute atomic E-state index is 0.215. The minimum atomic E-state index is -0.954. The number of rotatable bonds is 20. The Morgan fingerprint density at radius 2 is 1.06 bits per heavy atom. The Morgan fingerprint density at radius 3 is 1.47 bits per heavy atom. The van der Waals surface area contributed by atoms with Gasteiger partial charge >= 0.3 is 11.9 Å². The summed E-state index contributed by atoms with van der Waals surface area (Å²) in [5.74, 6) is 0.991. The van der Waals surface area contributed by atoms with Crippen LogP contribution in [0.25, 0.3) is 0 Å². The number of aliphatic hydroxyl groups is 1. The fourth-order valence-corrected chi connectivity index (χ4v) is 12.6. The molecule has 262 valence electrons. The number of aliphatic hydroxyl groups excluding tert-OH is 1. The lowest BCUT2D eigenvalue weighted by Gasteiger charge is -2.23. The second-order valence-corrected chi connectivity index (χ2v) is 17.9. The molecule has 3 rings (SSSR count). The predicted octanol–water partition coefficient (Wildman–Crippen LogP) is 8.86. The molecule has 0 spiro atoms. The van der Waals surface area contributed by atoms with Crippen molar-refractivity contribution in [3.8, 4) is 11.5 Å². The van der Waals surface area contributed by atoms with E-state index in [0.29, 0.717) is 26.1 Å². The van der Waals surface area contributed by atoms with Gasteiger partial charge in [0, 0.05) is 27.1 Å². The van der Waals surface area contributed by atoms with Gasteiger partial charge in [0.25, 0.3) is 0 Å². The van der Waals surface area contributed by atoms with Gasteiger partial charge in [-0.25, -0.2) is 0 Å². The number of unbranched alkanes of at least 4 members (excludes halogenated alkanes) is 6. The van der Waals surface area contributed by atoms with E-state index in [1.165, 1.54) is 14.3 Å². The number of hydrogen-bond acceptors (Lipinski definition) is 9. The highest BCUT2D eigenvalue weighted by atomic mass is 127. The van der Waals surface area contributed by atoms with Crippen LogP contribution in [0.4, 0.5) is 0 Å². The third kappa shape index (κ3) is 14.6. The standard InChI is InChI=1S/C32H38I6O9/c1-42-32-31(47-27(41)11-7-3-5-9-13-44-29-23(37)16-20(34)17-24(29)38)30(25(18-39)45-32)46-26(40)10-6-2-4-8-12-43-28-21(35)14-19(33)15-22(28)36/h14-17,25,30-32,39H,2-13,18H2,1H3/t25-,30-,31-,32-/m1/s1. The summed E-state index contributed by atoms with van der Waals surface area (Å²) in [6, 6.07) is 8.37. The molecule has 0 unspecified atom stereocenters. The van der Waals surface area contributed by atoms with Gasteiger partial charge in [-0.1, -0.05) is 25.7 Å². The maximum Gasteiger partial charge on any atom is 0.306 e. The molecule has 2 aromatic carbocycles. The molecule has 2 aromatic rings. The summed E-state index contributed by atoms with van der Waals surface area (Å²) < 4.78 is 41.2. The number of benzene rings is 2. The van der Waals surface area contributed by atoms with Crippen molar-refractivity contribution in [3.05, 3.63) is 45.7 Å². The van der Waals surface area contributed by atoms with Gasteiger partial charge in [0.2, 0.25) is 0 Å². The van der Waals surface area contributed by atoms with Crippen LogP contribution in [0.1, 0.15) is 64.2 Å². The lowest BCUT2D eigenvalue weighted by molar-refractivity contribution is -0.183. The lowest BCUT2D eigenvalue weighted by Crippen LogP contribution is -2.41. The van der Waals surface area contributed by atoms with Crippen LogP contribution >= 0.6 is 136 Å². The number of hydrogen-bond donors (Lipinski definition) is 1. The van der Waals surface area contributed by atoms with E-state index in [4.69, 9.17) is 28.4 Å². The molecule has 1 aliphatic rings. The molecule has 0 aliphatic carbocycles. The van der Waals surface area contributed by atoms with E-state index < -0.39 is 43.1 Å². The summed E-state index contributed by atoms with van der Waals surface area (Å²) in [5.41, 5.74) is 0. The highest BCUT2D eigenvalue weighted by molar-refractivity contribution is 14.1. The molecular formula is C32H38I6O9. The molecule has 1 heterocycles. The summed E-state index contributed by atoms with van der Waals surface area (Å²) in [5, 5.41) is 9.86. The van der Waals surface area contributed by atoms with Crippen LogP contribution in [0.15, 0.2) is 24.3 Å². The molecule has 9 nitrogen and oxygen atoms in total. The first-order valence-electron chi connectivity index (χ1n) is 15.3. The Morgan fingerprint density at radius 1 is 0.660 bits per heavy atom. The van der Waals surface area contributed by atoms with Crippen molar-refractivity contribution < 1.29 is 43.1 Å². The first-order chi connectivity index (χ1) is 22.5. The number of carbonyl (C=O) groups excluding carboxylic acids is 2. The molecule has 0 amide bonds. The van der Waals surface area contributed by atoms with E-state index in [1.54, 1.807) is 0 Å². The van der Waals surface area contributed by atoms with Gasteiger partial charge in [-0.05, 0) is 185 Å². The Labute approximate surface area is 358 Å². The molecular weight excluding hydrogens is 1290 g/mol. The summed E-state index contributed by atoms with van der Waals surface area (Å²) in [4.78, 5) is 25.5. The average Bonchev–Trinajstić information content (AvgIpc) is 3.33. The van der Waals surface area contributed by atoms with Crippen molar-refractivity contribution in [1.82, 2.24) is 0 Å². The number of halogens is 6. The van der Waals surface area contributed by atoms with Crippen molar-refractivity contribution in [2.24, 2.45) is 0 Å². The topological polar surface area (TPSA) is 110 Å². The molecule has 4 atom stereocenters. The Balaban J connectivity index is 1.34. The molecule has 1 N–H and O–H groups in total. The first kappa shape index (κ1) is 42.7. The van der Waals surface area contributed by atoms with Crippen molar-refractivity contribution in [2.75, 3.05) is 26.9 Å². The molecule has 47 heavy (non-hydrogen) atoms. The van der Waals surface area contributed by atoms with E-state index in [1.807, 2.05) is 0 Å². The van der Waals surface area contributed by atoms with E-state index in [2.05, 4.69) is 160 Å². The minimum Gasteiger partial charge on any atom is -0.491 e. The molecule has 0 bridgehead atoms. The van der Waals surface area contributed by atoms with Crippen LogP contribution < -0.4 is 9.47 Å². The Hall–Kier alpha value is 1.24. The van der Waals surface area contributed by atoms with Gasteiger partial charge in [0.05, 0.1) is 34.1 Å². The normalized spacial score (nSPS) is 19.1. The van der Waals surface area contributed by atoms with Crippen LogP contribution in [0.5, 0.6) is 11.5 Å². The first-order valence-corrected chi connectivity index (χ1v) is 21.7. The number of ether oxygens (including phenoxy) is 6. The molecule has 0 aromatic heterocycles. The highest BCUT2D eigenvalue weighted by Crippen LogP contribution is 2.31. The van der Waals surface area contributed by atoms with Gasteiger partial charge < -0.3 is 33.5 Å². The number of methoxy groups -OCH3 is 1. The summed E-state index contributed by atoms with van der Waals surface area (Å²) in [7, 11) is 1.43. The maximum absolute atomic E-state index is 12.7. The predicted molar refractivity (Wildman–Crippen MR) is 229 cm³/mol.